The van der Waals surface area contributed by atoms with E-state index < -0.39 is 0 Å². The van der Waals surface area contributed by atoms with Gasteiger partial charge in [-0.15, -0.1) is 0 Å². The second kappa shape index (κ2) is 5.79. The van der Waals surface area contributed by atoms with Gasteiger partial charge < -0.3 is 5.11 Å². The topological polar surface area (TPSA) is 20.2 Å². The molecule has 0 spiro atoms. The molecule has 1 N–H and O–H groups in total. The minimum atomic E-state index is 0.276. The highest BCUT2D eigenvalue weighted by molar-refractivity contribution is 8.00. The number of aliphatic hydroxyl groups excluding tert-OH is 1. The van der Waals surface area contributed by atoms with Crippen molar-refractivity contribution in [1.82, 2.24) is 0 Å². The standard InChI is InChI=1S/C5H12OS2/c1-5(4-6)8-3-2-7/h5-7H,2-4H2,1H3. The SMILES string of the molecule is CC(CO)SCCS. The van der Waals surface area contributed by atoms with Crippen molar-refractivity contribution in [3.8, 4) is 0 Å². The summed E-state index contributed by atoms with van der Waals surface area (Å²) in [6.45, 7) is 2.28. The molecule has 0 rings (SSSR count). The maximum Gasteiger partial charge on any atom is 0.0547 e. The molecule has 8 heavy (non-hydrogen) atoms. The average Bonchev–Trinajstić information content (AvgIpc) is 1.83. The molecule has 0 saturated carbocycles. The molecule has 0 aliphatic rings. The molecular formula is C5H12OS2. The van der Waals surface area contributed by atoms with Gasteiger partial charge in [-0.3, -0.25) is 0 Å². The molecule has 3 heteroatoms. The van der Waals surface area contributed by atoms with E-state index >= 15 is 0 Å². The van der Waals surface area contributed by atoms with Gasteiger partial charge in [0.1, 0.15) is 0 Å². The Bertz CT molecular complexity index is 49.7. The first-order valence-corrected chi connectivity index (χ1v) is 4.32. The molecule has 0 aromatic rings. The second-order valence-corrected chi connectivity index (χ2v) is 3.58. The van der Waals surface area contributed by atoms with Crippen molar-refractivity contribution in [2.24, 2.45) is 0 Å². The molecule has 0 aliphatic carbocycles. The van der Waals surface area contributed by atoms with Crippen LogP contribution in [0.5, 0.6) is 0 Å². The zero-order valence-corrected chi connectivity index (χ0v) is 6.71. The molecule has 0 saturated heterocycles. The van der Waals surface area contributed by atoms with Crippen LogP contribution in [0.3, 0.4) is 0 Å². The van der Waals surface area contributed by atoms with Gasteiger partial charge in [0.05, 0.1) is 6.61 Å². The predicted octanol–water partition coefficient (Wildman–Crippen LogP) is 1.03. The van der Waals surface area contributed by atoms with Gasteiger partial charge in [0, 0.05) is 11.0 Å². The monoisotopic (exact) mass is 152 g/mol. The Morgan fingerprint density at radius 3 is 2.75 bits per heavy atom. The average molecular weight is 152 g/mol. The van der Waals surface area contributed by atoms with Gasteiger partial charge in [-0.25, -0.2) is 0 Å². The van der Waals surface area contributed by atoms with E-state index in [1.54, 1.807) is 11.8 Å². The Kier molecular flexibility index (Phi) is 6.27. The van der Waals surface area contributed by atoms with Crippen molar-refractivity contribution in [1.29, 1.82) is 0 Å². The summed E-state index contributed by atoms with van der Waals surface area (Å²) in [5.41, 5.74) is 0. The number of thiol groups is 1. The van der Waals surface area contributed by atoms with Crippen LogP contribution in [-0.2, 0) is 0 Å². The minimum absolute atomic E-state index is 0.276. The predicted molar refractivity (Wildman–Crippen MR) is 42.9 cm³/mol. The number of rotatable bonds is 4. The Hall–Kier alpha value is 0.660. The molecule has 0 aromatic heterocycles. The van der Waals surface area contributed by atoms with Crippen LogP contribution in [0.1, 0.15) is 6.92 Å². The largest absolute Gasteiger partial charge is 0.395 e. The van der Waals surface area contributed by atoms with Gasteiger partial charge in [0.2, 0.25) is 0 Å². The van der Waals surface area contributed by atoms with Gasteiger partial charge in [0.25, 0.3) is 0 Å². The lowest BCUT2D eigenvalue weighted by molar-refractivity contribution is 0.300. The van der Waals surface area contributed by atoms with Gasteiger partial charge in [-0.2, -0.15) is 24.4 Å². The summed E-state index contributed by atoms with van der Waals surface area (Å²) in [6.07, 6.45) is 0. The van der Waals surface area contributed by atoms with Gasteiger partial charge >= 0.3 is 0 Å². The maximum atomic E-state index is 8.52. The normalized spacial score (nSPS) is 13.9. The van der Waals surface area contributed by atoms with E-state index in [0.29, 0.717) is 5.25 Å². The van der Waals surface area contributed by atoms with E-state index in [0.717, 1.165) is 11.5 Å². The van der Waals surface area contributed by atoms with E-state index in [9.17, 15) is 0 Å². The summed E-state index contributed by atoms with van der Waals surface area (Å²) in [7, 11) is 0. The lowest BCUT2D eigenvalue weighted by atomic mass is 10.5. The van der Waals surface area contributed by atoms with E-state index in [1.807, 2.05) is 6.92 Å². The second-order valence-electron chi connectivity index (χ2n) is 1.59. The maximum absolute atomic E-state index is 8.52. The summed E-state index contributed by atoms with van der Waals surface area (Å²) < 4.78 is 0. The molecule has 1 unspecified atom stereocenters. The summed E-state index contributed by atoms with van der Waals surface area (Å²) in [5, 5.41) is 8.89. The fourth-order valence-electron chi connectivity index (χ4n) is 0.307. The summed E-state index contributed by atoms with van der Waals surface area (Å²) in [6, 6.07) is 0. The highest BCUT2D eigenvalue weighted by atomic mass is 32.2. The van der Waals surface area contributed by atoms with E-state index in [-0.39, 0.29) is 6.61 Å². The molecule has 0 heterocycles. The van der Waals surface area contributed by atoms with Crippen LogP contribution in [0.15, 0.2) is 0 Å². The van der Waals surface area contributed by atoms with E-state index in [1.165, 1.54) is 0 Å². The molecule has 0 radical (unpaired) electrons. The first kappa shape index (κ1) is 8.66. The van der Waals surface area contributed by atoms with Crippen LogP contribution < -0.4 is 0 Å². The van der Waals surface area contributed by atoms with Crippen LogP contribution in [0.2, 0.25) is 0 Å². The third kappa shape index (κ3) is 4.81. The minimum Gasteiger partial charge on any atom is -0.395 e. The van der Waals surface area contributed by atoms with Crippen LogP contribution in [0.25, 0.3) is 0 Å². The molecule has 1 atom stereocenters. The third-order valence-corrected chi connectivity index (χ3v) is 2.43. The lowest BCUT2D eigenvalue weighted by Crippen LogP contribution is -2.03. The highest BCUT2D eigenvalue weighted by Gasteiger charge is 1.96. The zero-order chi connectivity index (χ0) is 6.41. The van der Waals surface area contributed by atoms with E-state index in [4.69, 9.17) is 5.11 Å². The van der Waals surface area contributed by atoms with Crippen molar-refractivity contribution in [2.75, 3.05) is 18.1 Å². The van der Waals surface area contributed by atoms with Crippen molar-refractivity contribution in [3.63, 3.8) is 0 Å². The first-order valence-electron chi connectivity index (χ1n) is 2.64. The molecule has 50 valence electrons. The smallest absolute Gasteiger partial charge is 0.0547 e. The van der Waals surface area contributed by atoms with Gasteiger partial charge in [0.15, 0.2) is 0 Å². The van der Waals surface area contributed by atoms with E-state index in [2.05, 4.69) is 12.6 Å². The zero-order valence-electron chi connectivity index (χ0n) is 5.00. The number of aliphatic hydroxyl groups is 1. The molecule has 0 amide bonds. The summed E-state index contributed by atoms with van der Waals surface area (Å²) in [5.74, 6) is 1.93. The molecular weight excluding hydrogens is 140 g/mol. The Morgan fingerprint density at radius 2 is 2.38 bits per heavy atom. The van der Waals surface area contributed by atoms with Crippen LogP contribution >= 0.6 is 24.4 Å². The quantitative estimate of drug-likeness (QED) is 0.587. The summed E-state index contributed by atoms with van der Waals surface area (Å²) in [4.78, 5) is 0. The molecule has 0 bridgehead atoms. The highest BCUT2D eigenvalue weighted by Crippen LogP contribution is 2.08. The Balaban J connectivity index is 2.86. The van der Waals surface area contributed by atoms with Crippen molar-refractivity contribution in [3.05, 3.63) is 0 Å². The number of thioether (sulfide) groups is 1. The first-order chi connectivity index (χ1) is 3.81. The Morgan fingerprint density at radius 1 is 1.75 bits per heavy atom. The van der Waals surface area contributed by atoms with Crippen LogP contribution in [0.4, 0.5) is 0 Å². The summed E-state index contributed by atoms with van der Waals surface area (Å²) >= 11 is 5.78. The number of hydrogen-bond acceptors (Lipinski definition) is 3. The molecule has 1 nitrogen and oxygen atoms in total. The fourth-order valence-corrected chi connectivity index (χ4v) is 1.24. The van der Waals surface area contributed by atoms with Gasteiger partial charge in [-0.1, -0.05) is 6.92 Å². The van der Waals surface area contributed by atoms with Crippen LogP contribution in [0, 0.1) is 0 Å². The van der Waals surface area contributed by atoms with Crippen molar-refractivity contribution < 1.29 is 5.11 Å². The number of hydrogen-bond donors (Lipinski definition) is 2. The molecule has 0 fully saturated rings. The third-order valence-electron chi connectivity index (χ3n) is 0.751. The molecule has 0 aromatic carbocycles. The lowest BCUT2D eigenvalue weighted by Gasteiger charge is -2.03. The van der Waals surface area contributed by atoms with Gasteiger partial charge in [-0.05, 0) is 5.75 Å². The fraction of sp³-hybridized carbons (Fsp3) is 1.00. The van der Waals surface area contributed by atoms with Crippen molar-refractivity contribution in [2.45, 2.75) is 12.2 Å². The van der Waals surface area contributed by atoms with Crippen LogP contribution in [-0.4, -0.2) is 28.5 Å². The van der Waals surface area contributed by atoms with Crippen molar-refractivity contribution >= 4 is 24.4 Å². The Labute approximate surface area is 60.3 Å². The molecule has 0 aliphatic heterocycles.